The molecule has 1 aromatic carbocycles. The van der Waals surface area contributed by atoms with Crippen LogP contribution in [0.15, 0.2) is 22.6 Å². The van der Waals surface area contributed by atoms with Gasteiger partial charge >= 0.3 is 0 Å². The fourth-order valence-corrected chi connectivity index (χ4v) is 2.41. The van der Waals surface area contributed by atoms with E-state index in [0.29, 0.717) is 24.0 Å². The molecule has 4 nitrogen and oxygen atoms in total. The molecule has 0 unspecified atom stereocenters. The lowest BCUT2D eigenvalue weighted by molar-refractivity contribution is 0.0335. The van der Waals surface area contributed by atoms with Crippen LogP contribution in [0, 0.1) is 18.7 Å². The maximum Gasteiger partial charge on any atom is 0.289 e. The van der Waals surface area contributed by atoms with Crippen molar-refractivity contribution in [2.75, 3.05) is 19.7 Å². The zero-order valence-electron chi connectivity index (χ0n) is 10.5. The predicted octanol–water partition coefficient (Wildman–Crippen LogP) is 1.94. The Bertz CT molecular complexity index is 643. The molecule has 2 heterocycles. The number of rotatable bonds is 2. The number of hydrogen-bond acceptors (Lipinski definition) is 3. The van der Waals surface area contributed by atoms with Gasteiger partial charge in [-0.05, 0) is 13.0 Å². The van der Waals surface area contributed by atoms with Gasteiger partial charge in [0, 0.05) is 36.6 Å². The molecule has 3 rings (SSSR count). The van der Waals surface area contributed by atoms with Gasteiger partial charge in [-0.3, -0.25) is 4.79 Å². The number of halogens is 1. The highest BCUT2D eigenvalue weighted by Gasteiger charge is 2.33. The minimum Gasteiger partial charge on any atom is -0.448 e. The maximum atomic E-state index is 13.6. The molecule has 0 saturated carbocycles. The van der Waals surface area contributed by atoms with Crippen LogP contribution in [0.5, 0.6) is 0 Å². The Balaban J connectivity index is 1.95. The van der Waals surface area contributed by atoms with Gasteiger partial charge in [-0.25, -0.2) is 4.39 Å². The number of aliphatic hydroxyl groups is 1. The first-order chi connectivity index (χ1) is 9.11. The van der Waals surface area contributed by atoms with Crippen molar-refractivity contribution in [3.63, 3.8) is 0 Å². The van der Waals surface area contributed by atoms with E-state index in [1.165, 1.54) is 6.07 Å². The van der Waals surface area contributed by atoms with Crippen LogP contribution in [0.3, 0.4) is 0 Å². The third-order valence-electron chi connectivity index (χ3n) is 3.61. The van der Waals surface area contributed by atoms with Crippen LogP contribution in [0.1, 0.15) is 16.1 Å². The minimum atomic E-state index is -0.462. The summed E-state index contributed by atoms with van der Waals surface area (Å²) in [6.07, 6.45) is 0. The van der Waals surface area contributed by atoms with Gasteiger partial charge < -0.3 is 14.4 Å². The van der Waals surface area contributed by atoms with Crippen molar-refractivity contribution in [2.45, 2.75) is 6.92 Å². The number of para-hydroxylation sites is 1. The fourth-order valence-electron chi connectivity index (χ4n) is 2.41. The summed E-state index contributed by atoms with van der Waals surface area (Å²) >= 11 is 0. The molecule has 0 atom stereocenters. The number of carbonyl (C=O) groups excluding carboxylic acids is 1. The standard InChI is InChI=1S/C14H14FNO3/c1-8-10-3-2-4-11(15)13(10)19-12(8)14(18)16-5-9(6-16)7-17/h2-4,9,17H,5-7H2,1H3. The van der Waals surface area contributed by atoms with Crippen LogP contribution in [-0.2, 0) is 0 Å². The van der Waals surface area contributed by atoms with Gasteiger partial charge in [0.25, 0.3) is 5.91 Å². The number of amides is 1. The van der Waals surface area contributed by atoms with E-state index in [0.717, 1.165) is 0 Å². The molecule has 0 spiro atoms. The van der Waals surface area contributed by atoms with E-state index in [1.54, 1.807) is 24.0 Å². The molecule has 0 radical (unpaired) electrons. The van der Waals surface area contributed by atoms with Crippen molar-refractivity contribution in [3.8, 4) is 0 Å². The number of hydrogen-bond donors (Lipinski definition) is 1. The van der Waals surface area contributed by atoms with Crippen LogP contribution in [0.4, 0.5) is 4.39 Å². The zero-order chi connectivity index (χ0) is 13.6. The number of aliphatic hydroxyl groups excluding tert-OH is 1. The van der Waals surface area contributed by atoms with E-state index in [1.807, 2.05) is 0 Å². The average Bonchev–Trinajstić information content (AvgIpc) is 2.67. The summed E-state index contributed by atoms with van der Waals surface area (Å²) in [6, 6.07) is 4.64. The predicted molar refractivity (Wildman–Crippen MR) is 67.4 cm³/mol. The molecule has 19 heavy (non-hydrogen) atoms. The van der Waals surface area contributed by atoms with E-state index < -0.39 is 5.82 Å². The number of aryl methyl sites for hydroxylation is 1. The molecule has 100 valence electrons. The van der Waals surface area contributed by atoms with Crippen LogP contribution >= 0.6 is 0 Å². The molecule has 1 amide bonds. The summed E-state index contributed by atoms with van der Waals surface area (Å²) < 4.78 is 19.0. The SMILES string of the molecule is Cc1c(C(=O)N2CC(CO)C2)oc2c(F)cccc12. The third-order valence-corrected chi connectivity index (χ3v) is 3.61. The monoisotopic (exact) mass is 263 g/mol. The number of fused-ring (bicyclic) bond motifs is 1. The van der Waals surface area contributed by atoms with Crippen molar-refractivity contribution >= 4 is 16.9 Å². The minimum absolute atomic E-state index is 0.0809. The van der Waals surface area contributed by atoms with E-state index in [-0.39, 0.29) is 29.8 Å². The van der Waals surface area contributed by atoms with Crippen molar-refractivity contribution < 1.29 is 18.7 Å². The van der Waals surface area contributed by atoms with Gasteiger partial charge in [-0.1, -0.05) is 12.1 Å². The van der Waals surface area contributed by atoms with Gasteiger partial charge in [0.15, 0.2) is 17.2 Å². The first-order valence-corrected chi connectivity index (χ1v) is 6.19. The Morgan fingerprint density at radius 1 is 1.53 bits per heavy atom. The third kappa shape index (κ3) is 1.81. The van der Waals surface area contributed by atoms with Crippen LogP contribution in [0.2, 0.25) is 0 Å². The molecule has 1 N–H and O–H groups in total. The van der Waals surface area contributed by atoms with E-state index in [2.05, 4.69) is 0 Å². The fraction of sp³-hybridized carbons (Fsp3) is 0.357. The number of carbonyl (C=O) groups is 1. The molecule has 5 heteroatoms. The summed E-state index contributed by atoms with van der Waals surface area (Å²) in [5, 5.41) is 9.58. The topological polar surface area (TPSA) is 53.7 Å². The maximum absolute atomic E-state index is 13.6. The first-order valence-electron chi connectivity index (χ1n) is 6.19. The lowest BCUT2D eigenvalue weighted by Crippen LogP contribution is -2.51. The van der Waals surface area contributed by atoms with Gasteiger partial charge in [0.1, 0.15) is 0 Å². The first kappa shape index (κ1) is 12.2. The van der Waals surface area contributed by atoms with Gasteiger partial charge in [-0.2, -0.15) is 0 Å². The molecule has 1 aliphatic heterocycles. The van der Waals surface area contributed by atoms with Crippen molar-refractivity contribution in [2.24, 2.45) is 5.92 Å². The lowest BCUT2D eigenvalue weighted by atomic mass is 10.0. The molecule has 0 bridgehead atoms. The highest BCUT2D eigenvalue weighted by Crippen LogP contribution is 2.29. The van der Waals surface area contributed by atoms with Gasteiger partial charge in [-0.15, -0.1) is 0 Å². The second-order valence-corrected chi connectivity index (χ2v) is 4.93. The van der Waals surface area contributed by atoms with E-state index >= 15 is 0 Å². The van der Waals surface area contributed by atoms with Crippen LogP contribution in [0.25, 0.3) is 11.0 Å². The number of nitrogens with zero attached hydrogens (tertiary/aromatic N) is 1. The number of likely N-dealkylation sites (tertiary alicyclic amines) is 1. The molecule has 1 aliphatic rings. The molecule has 1 fully saturated rings. The van der Waals surface area contributed by atoms with Crippen molar-refractivity contribution in [1.29, 1.82) is 0 Å². The average molecular weight is 263 g/mol. The van der Waals surface area contributed by atoms with Gasteiger partial charge in [0.05, 0.1) is 0 Å². The Labute approximate surface area is 109 Å². The highest BCUT2D eigenvalue weighted by atomic mass is 19.1. The second kappa shape index (κ2) is 4.35. The Kier molecular flexibility index (Phi) is 2.78. The Hall–Kier alpha value is -1.88. The van der Waals surface area contributed by atoms with Crippen LogP contribution < -0.4 is 0 Å². The summed E-state index contributed by atoms with van der Waals surface area (Å²) in [7, 11) is 0. The molecular weight excluding hydrogens is 249 g/mol. The number of furan rings is 1. The molecule has 1 saturated heterocycles. The van der Waals surface area contributed by atoms with E-state index in [9.17, 15) is 9.18 Å². The summed E-state index contributed by atoms with van der Waals surface area (Å²) in [4.78, 5) is 13.8. The lowest BCUT2D eigenvalue weighted by Gasteiger charge is -2.37. The normalized spacial score (nSPS) is 15.8. The summed E-state index contributed by atoms with van der Waals surface area (Å²) in [5.41, 5.74) is 0.787. The van der Waals surface area contributed by atoms with Gasteiger partial charge in [0.2, 0.25) is 0 Å². The Morgan fingerprint density at radius 3 is 2.89 bits per heavy atom. The molecule has 1 aromatic heterocycles. The van der Waals surface area contributed by atoms with Crippen molar-refractivity contribution in [1.82, 2.24) is 4.90 Å². The zero-order valence-corrected chi connectivity index (χ0v) is 10.5. The summed E-state index contributed by atoms with van der Waals surface area (Å²) in [5.74, 6) is -0.365. The Morgan fingerprint density at radius 2 is 2.26 bits per heavy atom. The second-order valence-electron chi connectivity index (χ2n) is 4.93. The highest BCUT2D eigenvalue weighted by molar-refractivity contribution is 5.99. The van der Waals surface area contributed by atoms with Crippen molar-refractivity contribution in [3.05, 3.63) is 35.3 Å². The summed E-state index contributed by atoms with van der Waals surface area (Å²) in [6.45, 7) is 2.88. The molecule has 0 aliphatic carbocycles. The smallest absolute Gasteiger partial charge is 0.289 e. The molecule has 2 aromatic rings. The largest absolute Gasteiger partial charge is 0.448 e. The van der Waals surface area contributed by atoms with E-state index in [4.69, 9.17) is 9.52 Å². The number of benzene rings is 1. The quantitative estimate of drug-likeness (QED) is 0.901. The van der Waals surface area contributed by atoms with Crippen LogP contribution in [-0.4, -0.2) is 35.6 Å². The molecular formula is C14H14FNO3.